The summed E-state index contributed by atoms with van der Waals surface area (Å²) in [4.78, 5) is 5.17. The van der Waals surface area contributed by atoms with Gasteiger partial charge in [0.15, 0.2) is 0 Å². The minimum absolute atomic E-state index is 0.210. The molecule has 1 aliphatic carbocycles. The molecule has 3 aliphatic rings. The van der Waals surface area contributed by atoms with Gasteiger partial charge in [0.2, 0.25) is 17.1 Å². The molecule has 0 spiro atoms. The van der Waals surface area contributed by atoms with Crippen molar-refractivity contribution in [2.45, 2.75) is 78.3 Å². The molecule has 0 amide bonds. The van der Waals surface area contributed by atoms with E-state index in [9.17, 15) is 0 Å². The number of para-hydroxylation sites is 2. The van der Waals surface area contributed by atoms with Gasteiger partial charge in [-0.3, -0.25) is 0 Å². The van der Waals surface area contributed by atoms with E-state index in [1.165, 1.54) is 94.6 Å². The Hall–Kier alpha value is -7.49. The van der Waals surface area contributed by atoms with Crippen LogP contribution in [-0.2, 0) is 23.9 Å². The summed E-state index contributed by atoms with van der Waals surface area (Å²) in [6.07, 6.45) is 11.7. The molecule has 3 heteroatoms. The van der Waals surface area contributed by atoms with E-state index < -0.39 is 0 Å². The molecule has 0 unspecified atom stereocenters. The summed E-state index contributed by atoms with van der Waals surface area (Å²) in [6, 6.07) is 67.0. The molecule has 0 bridgehead atoms. The highest BCUT2D eigenvalue weighted by Gasteiger charge is 2.42. The summed E-state index contributed by atoms with van der Waals surface area (Å²) in [7, 11) is 0. The first-order valence-corrected chi connectivity index (χ1v) is 24.4. The first-order valence-electron chi connectivity index (χ1n) is 24.4. The lowest BCUT2D eigenvalue weighted by molar-refractivity contribution is 0.630. The van der Waals surface area contributed by atoms with Gasteiger partial charge in [0.1, 0.15) is 0 Å². The molecule has 11 rings (SSSR count). The van der Waals surface area contributed by atoms with E-state index in [1.54, 1.807) is 0 Å². The smallest absolute Gasteiger partial charge is 0.218 e. The van der Waals surface area contributed by atoms with Crippen molar-refractivity contribution in [2.24, 2.45) is 0 Å². The second-order valence-electron chi connectivity index (χ2n) is 20.1. The SMILES string of the molecule is Cc1ccc2c(c1)C(C)(C)C(=C/C=C1\CC/C(=C\C=C3N(Cc4cccc5ccccc45)c4ccc(C)cc4C3(C)C)C1=[N+](c1ccccc1)c1ccccc1)N2Cc1cccc2ccccc12. The number of hydrogen-bond donors (Lipinski definition) is 0. The highest BCUT2D eigenvalue weighted by atomic mass is 15.2. The molecule has 3 nitrogen and oxygen atoms in total. The van der Waals surface area contributed by atoms with Gasteiger partial charge in [-0.05, 0) is 94.8 Å². The summed E-state index contributed by atoms with van der Waals surface area (Å²) in [5.41, 5.74) is 19.0. The van der Waals surface area contributed by atoms with Crippen LogP contribution in [0, 0.1) is 13.8 Å². The number of rotatable bonds is 8. The van der Waals surface area contributed by atoms with Crippen molar-refractivity contribution in [3.63, 3.8) is 0 Å². The van der Waals surface area contributed by atoms with Crippen LogP contribution in [0.5, 0.6) is 0 Å². The average Bonchev–Trinajstić information content (AvgIpc) is 3.91. The number of nitrogens with zero attached hydrogens (tertiary/aromatic N) is 3. The maximum Gasteiger partial charge on any atom is 0.218 e. The summed E-state index contributed by atoms with van der Waals surface area (Å²) in [5, 5.41) is 5.17. The zero-order chi connectivity index (χ0) is 46.6. The van der Waals surface area contributed by atoms with Gasteiger partial charge in [-0.15, -0.1) is 0 Å². The maximum absolute atomic E-state index is 2.58. The van der Waals surface area contributed by atoms with Crippen LogP contribution in [0.2, 0.25) is 0 Å². The number of benzene rings is 8. The van der Waals surface area contributed by atoms with E-state index >= 15 is 0 Å². The van der Waals surface area contributed by atoms with Gasteiger partial charge in [-0.2, -0.15) is 4.58 Å². The third-order valence-corrected chi connectivity index (χ3v) is 14.9. The zero-order valence-corrected chi connectivity index (χ0v) is 40.3. The summed E-state index contributed by atoms with van der Waals surface area (Å²) in [6.45, 7) is 15.6. The Morgan fingerprint density at radius 1 is 0.441 bits per heavy atom. The van der Waals surface area contributed by atoms with E-state index in [1.807, 2.05) is 0 Å². The van der Waals surface area contributed by atoms with Crippen molar-refractivity contribution in [3.05, 3.63) is 262 Å². The summed E-state index contributed by atoms with van der Waals surface area (Å²) in [5.74, 6) is 0. The van der Waals surface area contributed by atoms with E-state index in [0.29, 0.717) is 0 Å². The van der Waals surface area contributed by atoms with Gasteiger partial charge in [0.05, 0.1) is 0 Å². The molecule has 0 atom stereocenters. The molecular formula is C65H60N3+. The molecule has 8 aromatic carbocycles. The monoisotopic (exact) mass is 882 g/mol. The van der Waals surface area contributed by atoms with Crippen LogP contribution >= 0.6 is 0 Å². The lowest BCUT2D eigenvalue weighted by Gasteiger charge is -2.27. The normalized spacial score (nSPS) is 18.4. The van der Waals surface area contributed by atoms with Crippen LogP contribution < -0.4 is 14.4 Å². The number of fused-ring (bicyclic) bond motifs is 4. The highest BCUT2D eigenvalue weighted by molar-refractivity contribution is 6.17. The largest absolute Gasteiger partial charge is 0.340 e. The topological polar surface area (TPSA) is 9.49 Å². The van der Waals surface area contributed by atoms with Gasteiger partial charge < -0.3 is 9.80 Å². The molecule has 68 heavy (non-hydrogen) atoms. The second kappa shape index (κ2) is 17.3. The number of allylic oxidation sites excluding steroid dienone is 8. The summed E-state index contributed by atoms with van der Waals surface area (Å²) < 4.78 is 2.50. The van der Waals surface area contributed by atoms with E-state index in [4.69, 9.17) is 0 Å². The van der Waals surface area contributed by atoms with Crippen molar-refractivity contribution in [1.29, 1.82) is 0 Å². The lowest BCUT2D eigenvalue weighted by atomic mass is 9.83. The third kappa shape index (κ3) is 7.61. The Morgan fingerprint density at radius 3 is 1.28 bits per heavy atom. The van der Waals surface area contributed by atoms with Gasteiger partial charge in [-0.1, -0.05) is 197 Å². The predicted octanol–water partition coefficient (Wildman–Crippen LogP) is 16.3. The molecular weight excluding hydrogens is 823 g/mol. The molecule has 0 N–H and O–H groups in total. The van der Waals surface area contributed by atoms with Crippen molar-refractivity contribution in [2.75, 3.05) is 9.80 Å². The van der Waals surface area contributed by atoms with E-state index in [0.717, 1.165) is 37.3 Å². The van der Waals surface area contributed by atoms with Crippen LogP contribution in [0.3, 0.4) is 0 Å². The Bertz CT molecular complexity index is 3180. The Labute approximate surface area is 403 Å². The van der Waals surface area contributed by atoms with Crippen molar-refractivity contribution in [1.82, 2.24) is 4.58 Å². The molecule has 1 fully saturated rings. The van der Waals surface area contributed by atoms with Crippen molar-refractivity contribution < 1.29 is 0 Å². The molecule has 1 saturated carbocycles. The minimum Gasteiger partial charge on any atom is -0.340 e. The van der Waals surface area contributed by atoms with Crippen molar-refractivity contribution in [3.8, 4) is 0 Å². The van der Waals surface area contributed by atoms with E-state index in [2.05, 4.69) is 262 Å². The number of anilines is 2. The minimum atomic E-state index is -0.210. The molecule has 8 aromatic rings. The Balaban J connectivity index is 1.08. The van der Waals surface area contributed by atoms with Crippen LogP contribution in [0.1, 0.15) is 73.9 Å². The number of hydrogen-bond acceptors (Lipinski definition) is 2. The van der Waals surface area contributed by atoms with Gasteiger partial charge in [0.25, 0.3) is 0 Å². The third-order valence-electron chi connectivity index (χ3n) is 14.9. The average molecular weight is 883 g/mol. The fourth-order valence-corrected chi connectivity index (χ4v) is 11.4. The van der Waals surface area contributed by atoms with Gasteiger partial charge >= 0.3 is 0 Å². The molecule has 2 aliphatic heterocycles. The molecule has 0 aromatic heterocycles. The van der Waals surface area contributed by atoms with Crippen LogP contribution in [0.4, 0.5) is 22.7 Å². The summed E-state index contributed by atoms with van der Waals surface area (Å²) >= 11 is 0. The van der Waals surface area contributed by atoms with E-state index in [-0.39, 0.29) is 10.8 Å². The van der Waals surface area contributed by atoms with Gasteiger partial charge in [0, 0.05) is 82.1 Å². The lowest BCUT2D eigenvalue weighted by Crippen LogP contribution is -2.26. The second-order valence-corrected chi connectivity index (χ2v) is 20.1. The highest BCUT2D eigenvalue weighted by Crippen LogP contribution is 2.51. The standard InChI is InChI=1S/C65H60N3/c1-45-31-37-59-57(41-45)64(3,4)61(66(59)43-51-23-17-21-47-19-13-15-29-55(47)51)39-35-49-33-34-50(63(49)68(53-25-9-7-10-26-53)54-27-11-8-12-28-54)36-40-62-65(5,6)58-42-46(2)32-38-60(58)67(62)44-52-24-18-22-48-20-14-16-30-56(48)52/h7-32,35-42H,33-34,43-44H2,1-6H3/q+1. The first-order chi connectivity index (χ1) is 33.1. The fraction of sp³-hybridized carbons (Fsp3) is 0.185. The van der Waals surface area contributed by atoms with Crippen LogP contribution in [-0.4, -0.2) is 5.71 Å². The zero-order valence-electron chi connectivity index (χ0n) is 40.3. The quantitative estimate of drug-likeness (QED) is 0.141. The molecule has 334 valence electrons. The van der Waals surface area contributed by atoms with Crippen molar-refractivity contribution >= 4 is 50.0 Å². The Morgan fingerprint density at radius 2 is 0.838 bits per heavy atom. The van der Waals surface area contributed by atoms with Crippen LogP contribution in [0.15, 0.2) is 229 Å². The Kier molecular flexibility index (Phi) is 11.0. The fourth-order valence-electron chi connectivity index (χ4n) is 11.4. The molecule has 2 heterocycles. The number of aryl methyl sites for hydroxylation is 2. The molecule has 0 radical (unpaired) electrons. The van der Waals surface area contributed by atoms with Gasteiger partial charge in [-0.25, -0.2) is 0 Å². The first kappa shape index (κ1) is 43.1. The van der Waals surface area contributed by atoms with Crippen LogP contribution in [0.25, 0.3) is 21.5 Å². The molecule has 0 saturated heterocycles. The predicted molar refractivity (Wildman–Crippen MR) is 290 cm³/mol. The maximum atomic E-state index is 2.58.